The van der Waals surface area contributed by atoms with Gasteiger partial charge in [-0.2, -0.15) is 0 Å². The summed E-state index contributed by atoms with van der Waals surface area (Å²) < 4.78 is 9.31. The average Bonchev–Trinajstić information content (AvgIpc) is 3.15. The van der Waals surface area contributed by atoms with Gasteiger partial charge in [0.1, 0.15) is 5.75 Å². The Kier molecular flexibility index (Phi) is 3.54. The van der Waals surface area contributed by atoms with E-state index in [1.807, 2.05) is 66.2 Å². The zero-order valence-corrected chi connectivity index (χ0v) is 14.2. The molecule has 5 heteroatoms. The molecule has 0 aliphatic heterocycles. The SMILES string of the molecule is COc1ccc(-c2cn3cc(-c4cccc(Cl)c4)n(C)c3n2)cc1. The number of nitrogens with zero attached hydrogens (tertiary/aromatic N) is 3. The molecule has 0 saturated heterocycles. The first-order valence-corrected chi connectivity index (χ1v) is 7.98. The zero-order valence-electron chi connectivity index (χ0n) is 13.4. The molecule has 120 valence electrons. The highest BCUT2D eigenvalue weighted by atomic mass is 35.5. The Bertz CT molecular complexity index is 1010. The van der Waals surface area contributed by atoms with Crippen molar-refractivity contribution in [3.8, 4) is 28.3 Å². The van der Waals surface area contributed by atoms with Gasteiger partial charge in [-0.05, 0) is 36.4 Å². The number of methoxy groups -OCH3 is 1. The van der Waals surface area contributed by atoms with Crippen LogP contribution in [-0.2, 0) is 7.05 Å². The number of aryl methyl sites for hydroxylation is 1. The quantitative estimate of drug-likeness (QED) is 0.544. The Labute approximate surface area is 144 Å². The van der Waals surface area contributed by atoms with Gasteiger partial charge in [0.25, 0.3) is 0 Å². The van der Waals surface area contributed by atoms with Crippen LogP contribution in [0.4, 0.5) is 0 Å². The van der Waals surface area contributed by atoms with Crippen molar-refractivity contribution in [3.63, 3.8) is 0 Å². The van der Waals surface area contributed by atoms with Crippen molar-refractivity contribution in [3.05, 3.63) is 65.9 Å². The van der Waals surface area contributed by atoms with Gasteiger partial charge in [-0.25, -0.2) is 4.98 Å². The van der Waals surface area contributed by atoms with E-state index in [1.165, 1.54) is 0 Å². The van der Waals surface area contributed by atoms with Gasteiger partial charge in [-0.1, -0.05) is 23.7 Å². The fraction of sp³-hybridized carbons (Fsp3) is 0.105. The lowest BCUT2D eigenvalue weighted by Crippen LogP contribution is -1.92. The van der Waals surface area contributed by atoms with Crippen LogP contribution in [0.25, 0.3) is 28.3 Å². The molecule has 4 rings (SSSR count). The molecular formula is C19H16ClN3O. The van der Waals surface area contributed by atoms with E-state index < -0.39 is 0 Å². The fourth-order valence-electron chi connectivity index (χ4n) is 2.87. The number of hydrogen-bond donors (Lipinski definition) is 0. The Morgan fingerprint density at radius 1 is 1.00 bits per heavy atom. The summed E-state index contributed by atoms with van der Waals surface area (Å²) in [6.07, 6.45) is 4.10. The van der Waals surface area contributed by atoms with Crippen LogP contribution >= 0.6 is 11.6 Å². The van der Waals surface area contributed by atoms with Gasteiger partial charge in [0.2, 0.25) is 5.78 Å². The number of imidazole rings is 2. The Hall–Kier alpha value is -2.72. The van der Waals surface area contributed by atoms with E-state index in [0.29, 0.717) is 0 Å². The molecular weight excluding hydrogens is 322 g/mol. The summed E-state index contributed by atoms with van der Waals surface area (Å²) in [4.78, 5) is 4.76. The maximum atomic E-state index is 6.11. The van der Waals surface area contributed by atoms with Gasteiger partial charge in [-0.15, -0.1) is 0 Å². The standard InChI is InChI=1S/C19H16ClN3O/c1-22-18(14-4-3-5-15(20)10-14)12-23-11-17(21-19(22)23)13-6-8-16(24-2)9-7-13/h3-12H,1-2H3. The molecule has 0 saturated carbocycles. The zero-order chi connectivity index (χ0) is 16.7. The molecule has 2 aromatic carbocycles. The van der Waals surface area contributed by atoms with Crippen molar-refractivity contribution in [1.82, 2.24) is 14.0 Å². The minimum Gasteiger partial charge on any atom is -0.497 e. The molecule has 0 spiro atoms. The third-order valence-corrected chi connectivity index (χ3v) is 4.38. The van der Waals surface area contributed by atoms with Crippen molar-refractivity contribution >= 4 is 17.4 Å². The van der Waals surface area contributed by atoms with E-state index in [9.17, 15) is 0 Å². The summed E-state index contributed by atoms with van der Waals surface area (Å²) in [5.41, 5.74) is 4.13. The largest absolute Gasteiger partial charge is 0.497 e. The van der Waals surface area contributed by atoms with Crippen LogP contribution in [-0.4, -0.2) is 21.1 Å². The lowest BCUT2D eigenvalue weighted by Gasteiger charge is -2.03. The highest BCUT2D eigenvalue weighted by Gasteiger charge is 2.12. The molecule has 2 aromatic heterocycles. The van der Waals surface area contributed by atoms with Crippen LogP contribution in [0.5, 0.6) is 5.75 Å². The normalized spacial score (nSPS) is 11.1. The first-order valence-electron chi connectivity index (χ1n) is 7.60. The van der Waals surface area contributed by atoms with Crippen LogP contribution in [0.3, 0.4) is 0 Å². The molecule has 0 aliphatic carbocycles. The number of hydrogen-bond acceptors (Lipinski definition) is 2. The first kappa shape index (κ1) is 14.8. The van der Waals surface area contributed by atoms with E-state index in [1.54, 1.807) is 7.11 Å². The molecule has 0 N–H and O–H groups in total. The van der Waals surface area contributed by atoms with Crippen LogP contribution in [0.1, 0.15) is 0 Å². The van der Waals surface area contributed by atoms with E-state index >= 15 is 0 Å². The monoisotopic (exact) mass is 337 g/mol. The number of ether oxygens (including phenoxy) is 1. The number of fused-ring (bicyclic) bond motifs is 1. The highest BCUT2D eigenvalue weighted by molar-refractivity contribution is 6.30. The third-order valence-electron chi connectivity index (χ3n) is 4.14. The smallest absolute Gasteiger partial charge is 0.214 e. The second-order valence-corrected chi connectivity index (χ2v) is 6.08. The summed E-state index contributed by atoms with van der Waals surface area (Å²) in [5.74, 6) is 1.72. The summed E-state index contributed by atoms with van der Waals surface area (Å²) in [6, 6.07) is 15.7. The van der Waals surface area contributed by atoms with Gasteiger partial charge in [0, 0.05) is 35.6 Å². The van der Waals surface area contributed by atoms with Gasteiger partial charge in [-0.3, -0.25) is 4.40 Å². The second-order valence-electron chi connectivity index (χ2n) is 5.65. The van der Waals surface area contributed by atoms with Crippen molar-refractivity contribution in [2.45, 2.75) is 0 Å². The van der Waals surface area contributed by atoms with Crippen molar-refractivity contribution in [1.29, 1.82) is 0 Å². The number of aromatic nitrogens is 3. The van der Waals surface area contributed by atoms with E-state index in [0.717, 1.165) is 39.1 Å². The van der Waals surface area contributed by atoms with E-state index in [4.69, 9.17) is 21.3 Å². The maximum Gasteiger partial charge on any atom is 0.214 e. The molecule has 0 amide bonds. The lowest BCUT2D eigenvalue weighted by molar-refractivity contribution is 0.415. The fourth-order valence-corrected chi connectivity index (χ4v) is 3.06. The molecule has 0 fully saturated rings. The van der Waals surface area contributed by atoms with Gasteiger partial charge < -0.3 is 9.30 Å². The molecule has 0 atom stereocenters. The van der Waals surface area contributed by atoms with Crippen LogP contribution < -0.4 is 4.74 Å². The topological polar surface area (TPSA) is 31.5 Å². The van der Waals surface area contributed by atoms with Crippen molar-refractivity contribution in [2.75, 3.05) is 7.11 Å². The molecule has 0 unspecified atom stereocenters. The number of halogens is 1. The van der Waals surface area contributed by atoms with Gasteiger partial charge >= 0.3 is 0 Å². The average molecular weight is 338 g/mol. The predicted octanol–water partition coefficient (Wildman–Crippen LogP) is 4.67. The second kappa shape index (κ2) is 5.73. The highest BCUT2D eigenvalue weighted by Crippen LogP contribution is 2.27. The van der Waals surface area contributed by atoms with Gasteiger partial charge in [0.15, 0.2) is 0 Å². The summed E-state index contributed by atoms with van der Waals surface area (Å²) in [6.45, 7) is 0. The number of rotatable bonds is 3. The minimum absolute atomic E-state index is 0.727. The van der Waals surface area contributed by atoms with Crippen molar-refractivity contribution in [2.24, 2.45) is 7.05 Å². The van der Waals surface area contributed by atoms with Gasteiger partial charge in [0.05, 0.1) is 18.5 Å². The van der Waals surface area contributed by atoms with Crippen LogP contribution in [0.2, 0.25) is 5.02 Å². The van der Waals surface area contributed by atoms with E-state index in [-0.39, 0.29) is 0 Å². The molecule has 0 radical (unpaired) electrons. The van der Waals surface area contributed by atoms with E-state index in [2.05, 4.69) is 10.8 Å². The summed E-state index contributed by atoms with van der Waals surface area (Å²) in [7, 11) is 3.67. The number of benzene rings is 2. The molecule has 2 heterocycles. The molecule has 4 aromatic rings. The molecule has 0 bridgehead atoms. The molecule has 4 nitrogen and oxygen atoms in total. The minimum atomic E-state index is 0.727. The summed E-state index contributed by atoms with van der Waals surface area (Å²) in [5, 5.41) is 0.727. The molecule has 0 aliphatic rings. The Morgan fingerprint density at radius 2 is 1.79 bits per heavy atom. The predicted molar refractivity (Wildman–Crippen MR) is 96.6 cm³/mol. The summed E-state index contributed by atoms with van der Waals surface area (Å²) >= 11 is 6.11. The Balaban J connectivity index is 1.77. The van der Waals surface area contributed by atoms with Crippen LogP contribution in [0.15, 0.2) is 60.9 Å². The maximum absolute atomic E-state index is 6.11. The molecule has 24 heavy (non-hydrogen) atoms. The third kappa shape index (κ3) is 2.45. The lowest BCUT2D eigenvalue weighted by atomic mass is 10.1. The Morgan fingerprint density at radius 3 is 2.46 bits per heavy atom. The first-order chi connectivity index (χ1) is 11.7. The van der Waals surface area contributed by atoms with Crippen LogP contribution in [0, 0.1) is 0 Å². The van der Waals surface area contributed by atoms with Crippen molar-refractivity contribution < 1.29 is 4.74 Å².